The van der Waals surface area contributed by atoms with Gasteiger partial charge in [0.05, 0.1) is 6.04 Å². The molecule has 10 heteroatoms. The van der Waals surface area contributed by atoms with Crippen LogP contribution < -0.4 is 5.32 Å². The van der Waals surface area contributed by atoms with Crippen LogP contribution in [0.2, 0.25) is 0 Å². The SMILES string of the molecule is CC(NC(=O)c1nn[nH]n1)c1nc(C(=O)O)cs1. The number of aromatic amines is 1. The van der Waals surface area contributed by atoms with Gasteiger partial charge < -0.3 is 10.4 Å². The molecule has 2 heterocycles. The zero-order valence-corrected chi connectivity index (χ0v) is 9.93. The first-order chi connectivity index (χ1) is 8.58. The van der Waals surface area contributed by atoms with Crippen molar-refractivity contribution < 1.29 is 14.7 Å². The van der Waals surface area contributed by atoms with Crippen LogP contribution in [0, 0.1) is 0 Å². The van der Waals surface area contributed by atoms with Crippen molar-refractivity contribution in [2.75, 3.05) is 0 Å². The number of rotatable bonds is 4. The number of carbonyl (C=O) groups excluding carboxylic acids is 1. The molecule has 0 saturated carbocycles. The third kappa shape index (κ3) is 2.48. The van der Waals surface area contributed by atoms with Gasteiger partial charge in [-0.15, -0.1) is 21.5 Å². The van der Waals surface area contributed by atoms with Crippen LogP contribution in [0.3, 0.4) is 0 Å². The van der Waals surface area contributed by atoms with Gasteiger partial charge in [0.25, 0.3) is 11.7 Å². The van der Waals surface area contributed by atoms with Gasteiger partial charge in [0.2, 0.25) is 0 Å². The molecule has 0 bridgehead atoms. The second-order valence-corrected chi connectivity index (χ2v) is 4.20. The number of nitrogens with zero attached hydrogens (tertiary/aromatic N) is 4. The summed E-state index contributed by atoms with van der Waals surface area (Å²) in [4.78, 5) is 26.1. The fourth-order valence-corrected chi connectivity index (χ4v) is 1.97. The number of carboxylic acid groups (broad SMARTS) is 1. The number of H-pyrrole nitrogens is 1. The van der Waals surface area contributed by atoms with E-state index in [4.69, 9.17) is 5.11 Å². The summed E-state index contributed by atoms with van der Waals surface area (Å²) >= 11 is 1.15. The monoisotopic (exact) mass is 268 g/mol. The van der Waals surface area contributed by atoms with Crippen LogP contribution >= 0.6 is 11.3 Å². The number of tetrazole rings is 1. The smallest absolute Gasteiger partial charge is 0.355 e. The number of hydrogen-bond acceptors (Lipinski definition) is 7. The highest BCUT2D eigenvalue weighted by Crippen LogP contribution is 2.18. The van der Waals surface area contributed by atoms with E-state index in [1.165, 1.54) is 5.38 Å². The number of nitrogens with one attached hydrogen (secondary N) is 2. The molecule has 0 aliphatic rings. The lowest BCUT2D eigenvalue weighted by Gasteiger charge is -2.08. The molecule has 3 N–H and O–H groups in total. The Morgan fingerprint density at radius 2 is 2.33 bits per heavy atom. The fraction of sp³-hybridized carbons (Fsp3) is 0.250. The summed E-state index contributed by atoms with van der Waals surface area (Å²) in [5.41, 5.74) is -0.0457. The lowest BCUT2D eigenvalue weighted by Crippen LogP contribution is -2.27. The first-order valence-corrected chi connectivity index (χ1v) is 5.69. The molecule has 2 aromatic heterocycles. The summed E-state index contributed by atoms with van der Waals surface area (Å²) in [5, 5.41) is 25.7. The van der Waals surface area contributed by atoms with Crippen LogP contribution in [0.15, 0.2) is 5.38 Å². The zero-order chi connectivity index (χ0) is 13.1. The van der Waals surface area contributed by atoms with Gasteiger partial charge >= 0.3 is 5.97 Å². The normalized spacial score (nSPS) is 12.1. The van der Waals surface area contributed by atoms with E-state index in [-0.39, 0.29) is 11.5 Å². The molecule has 2 aromatic rings. The molecule has 1 amide bonds. The van der Waals surface area contributed by atoms with Crippen molar-refractivity contribution in [1.29, 1.82) is 0 Å². The predicted octanol–water partition coefficient (Wildman–Crippen LogP) is -0.155. The van der Waals surface area contributed by atoms with E-state index >= 15 is 0 Å². The maximum absolute atomic E-state index is 11.6. The molecule has 0 aliphatic carbocycles. The average Bonchev–Trinajstić information content (AvgIpc) is 3.00. The number of aromatic carboxylic acids is 1. The van der Waals surface area contributed by atoms with Crippen LogP contribution in [0.5, 0.6) is 0 Å². The van der Waals surface area contributed by atoms with Gasteiger partial charge in [-0.2, -0.15) is 5.21 Å². The molecule has 0 aromatic carbocycles. The van der Waals surface area contributed by atoms with E-state index in [1.807, 2.05) is 0 Å². The molecule has 0 aliphatic heterocycles. The average molecular weight is 268 g/mol. The lowest BCUT2D eigenvalue weighted by atomic mass is 10.3. The van der Waals surface area contributed by atoms with Crippen molar-refractivity contribution in [2.45, 2.75) is 13.0 Å². The summed E-state index contributed by atoms with van der Waals surface area (Å²) < 4.78 is 0. The molecule has 0 saturated heterocycles. The number of carboxylic acids is 1. The third-order valence-corrected chi connectivity index (χ3v) is 3.03. The molecule has 2 rings (SSSR count). The molecule has 0 spiro atoms. The maximum Gasteiger partial charge on any atom is 0.355 e. The van der Waals surface area contributed by atoms with E-state index in [2.05, 4.69) is 30.9 Å². The zero-order valence-electron chi connectivity index (χ0n) is 9.12. The Labute approximate surface area is 104 Å². The molecular weight excluding hydrogens is 260 g/mol. The van der Waals surface area contributed by atoms with Gasteiger partial charge in [-0.25, -0.2) is 9.78 Å². The minimum atomic E-state index is -1.10. The van der Waals surface area contributed by atoms with Crippen LogP contribution in [0.25, 0.3) is 0 Å². The third-order valence-electron chi connectivity index (χ3n) is 2.01. The van der Waals surface area contributed by atoms with Crippen molar-refractivity contribution in [3.05, 3.63) is 21.9 Å². The quantitative estimate of drug-likeness (QED) is 0.701. The van der Waals surface area contributed by atoms with Gasteiger partial charge in [-0.1, -0.05) is 0 Å². The van der Waals surface area contributed by atoms with Gasteiger partial charge in [-0.3, -0.25) is 4.79 Å². The molecule has 94 valence electrons. The Hall–Kier alpha value is -2.36. The maximum atomic E-state index is 11.6. The van der Waals surface area contributed by atoms with Crippen molar-refractivity contribution in [1.82, 2.24) is 30.9 Å². The first kappa shape index (κ1) is 12.1. The van der Waals surface area contributed by atoms with Gasteiger partial charge in [0.15, 0.2) is 5.69 Å². The Balaban J connectivity index is 2.05. The van der Waals surface area contributed by atoms with Crippen LogP contribution in [-0.4, -0.2) is 42.6 Å². The van der Waals surface area contributed by atoms with Crippen LogP contribution in [0.1, 0.15) is 39.1 Å². The molecule has 9 nitrogen and oxygen atoms in total. The lowest BCUT2D eigenvalue weighted by molar-refractivity contribution is 0.0691. The molecule has 1 atom stereocenters. The Kier molecular flexibility index (Phi) is 3.28. The van der Waals surface area contributed by atoms with Crippen molar-refractivity contribution in [3.63, 3.8) is 0 Å². The topological polar surface area (TPSA) is 134 Å². The Morgan fingerprint density at radius 1 is 1.56 bits per heavy atom. The van der Waals surface area contributed by atoms with Crippen molar-refractivity contribution >= 4 is 23.2 Å². The molecule has 0 fully saturated rings. The second kappa shape index (κ2) is 4.87. The summed E-state index contributed by atoms with van der Waals surface area (Å²) in [7, 11) is 0. The van der Waals surface area contributed by atoms with E-state index in [1.54, 1.807) is 6.92 Å². The number of aromatic nitrogens is 5. The van der Waals surface area contributed by atoms with Gasteiger partial charge in [0.1, 0.15) is 5.01 Å². The largest absolute Gasteiger partial charge is 0.476 e. The molecular formula is C8H8N6O3S. The van der Waals surface area contributed by atoms with Crippen LogP contribution in [-0.2, 0) is 0 Å². The summed E-state index contributed by atoms with van der Waals surface area (Å²) in [6.07, 6.45) is 0. The van der Waals surface area contributed by atoms with E-state index < -0.39 is 17.9 Å². The number of thiazole rings is 1. The van der Waals surface area contributed by atoms with Gasteiger partial charge in [-0.05, 0) is 12.1 Å². The molecule has 18 heavy (non-hydrogen) atoms. The summed E-state index contributed by atoms with van der Waals surface area (Å²) in [5.74, 6) is -1.70. The first-order valence-electron chi connectivity index (χ1n) is 4.81. The highest BCUT2D eigenvalue weighted by atomic mass is 32.1. The standard InChI is InChI=1S/C8H8N6O3S/c1-3(7-10-4(2-18-7)8(16)17)9-6(15)5-11-13-14-12-5/h2-3H,1H3,(H,9,15)(H,16,17)(H,11,12,13,14). The van der Waals surface area contributed by atoms with Crippen LogP contribution in [0.4, 0.5) is 0 Å². The van der Waals surface area contributed by atoms with Crippen molar-refractivity contribution in [3.8, 4) is 0 Å². The fourth-order valence-electron chi connectivity index (χ4n) is 1.17. The summed E-state index contributed by atoms with van der Waals surface area (Å²) in [6, 6.07) is -0.436. The molecule has 0 radical (unpaired) electrons. The van der Waals surface area contributed by atoms with E-state index in [0.29, 0.717) is 5.01 Å². The predicted molar refractivity (Wildman–Crippen MR) is 59.1 cm³/mol. The van der Waals surface area contributed by atoms with Crippen molar-refractivity contribution in [2.24, 2.45) is 0 Å². The number of carbonyl (C=O) groups is 2. The Bertz CT molecular complexity index is 565. The van der Waals surface area contributed by atoms with E-state index in [9.17, 15) is 9.59 Å². The summed E-state index contributed by atoms with van der Waals surface area (Å²) in [6.45, 7) is 1.68. The minimum absolute atomic E-state index is 0.0457. The highest BCUT2D eigenvalue weighted by molar-refractivity contribution is 7.09. The Morgan fingerprint density at radius 3 is 2.89 bits per heavy atom. The highest BCUT2D eigenvalue weighted by Gasteiger charge is 2.18. The van der Waals surface area contributed by atoms with E-state index in [0.717, 1.165) is 11.3 Å². The second-order valence-electron chi connectivity index (χ2n) is 3.31. The number of amides is 1. The minimum Gasteiger partial charge on any atom is -0.476 e. The number of hydrogen-bond donors (Lipinski definition) is 3. The van der Waals surface area contributed by atoms with Gasteiger partial charge in [0, 0.05) is 5.38 Å². The molecule has 1 unspecified atom stereocenters.